The fourth-order valence-electron chi connectivity index (χ4n) is 1.08. The van der Waals surface area contributed by atoms with E-state index in [0.717, 1.165) is 11.9 Å². The second kappa shape index (κ2) is 6.40. The van der Waals surface area contributed by atoms with Gasteiger partial charge in [-0.2, -0.15) is 0 Å². The van der Waals surface area contributed by atoms with Gasteiger partial charge in [0, 0.05) is 12.8 Å². The Bertz CT molecular complexity index is 196. The maximum absolute atomic E-state index is 10.8. The van der Waals surface area contributed by atoms with Gasteiger partial charge in [0.1, 0.15) is 6.29 Å². The van der Waals surface area contributed by atoms with Crippen molar-refractivity contribution in [3.05, 3.63) is 12.2 Å². The van der Waals surface area contributed by atoms with Crippen molar-refractivity contribution in [2.75, 3.05) is 7.11 Å². The molecule has 0 unspecified atom stereocenters. The molecule has 0 aliphatic heterocycles. The molecule has 0 saturated heterocycles. The Morgan fingerprint density at radius 2 is 2.23 bits per heavy atom. The summed E-state index contributed by atoms with van der Waals surface area (Å²) in [4.78, 5) is 21.1. The minimum absolute atomic E-state index is 0.108. The van der Waals surface area contributed by atoms with Gasteiger partial charge >= 0.3 is 5.97 Å². The number of rotatable bonds is 6. The van der Waals surface area contributed by atoms with Crippen LogP contribution in [0.2, 0.25) is 0 Å². The Morgan fingerprint density at radius 1 is 1.62 bits per heavy atom. The van der Waals surface area contributed by atoms with Crippen LogP contribution in [0, 0.1) is 5.92 Å². The first kappa shape index (κ1) is 11.9. The first-order valence-corrected chi connectivity index (χ1v) is 4.27. The normalized spacial score (nSPS) is 11.8. The van der Waals surface area contributed by atoms with E-state index in [2.05, 4.69) is 11.3 Å². The van der Waals surface area contributed by atoms with Crippen LogP contribution in [0.15, 0.2) is 12.2 Å². The summed E-state index contributed by atoms with van der Waals surface area (Å²) in [5.41, 5.74) is 0.941. The summed E-state index contributed by atoms with van der Waals surface area (Å²) in [7, 11) is 1.36. The third kappa shape index (κ3) is 5.17. The molecule has 0 aliphatic carbocycles. The van der Waals surface area contributed by atoms with E-state index in [9.17, 15) is 9.59 Å². The Labute approximate surface area is 78.8 Å². The third-order valence-electron chi connectivity index (χ3n) is 2.00. The standard InChI is InChI=1S/C10H16O3/c1-8(2)9(6-7-11)4-5-10(12)13-3/h7,9H,1,4-6H2,2-3H3/t9-/m0/s1. The second-order valence-electron chi connectivity index (χ2n) is 3.06. The number of allylic oxidation sites excluding steroid dienone is 1. The maximum Gasteiger partial charge on any atom is 0.305 e. The molecule has 0 rings (SSSR count). The molecule has 0 heterocycles. The minimum atomic E-state index is -0.239. The lowest BCUT2D eigenvalue weighted by Gasteiger charge is -2.12. The monoisotopic (exact) mass is 184 g/mol. The molecule has 3 heteroatoms. The van der Waals surface area contributed by atoms with Gasteiger partial charge in [-0.15, -0.1) is 0 Å². The van der Waals surface area contributed by atoms with E-state index in [1.165, 1.54) is 7.11 Å². The highest BCUT2D eigenvalue weighted by atomic mass is 16.5. The van der Waals surface area contributed by atoms with E-state index >= 15 is 0 Å². The zero-order valence-corrected chi connectivity index (χ0v) is 8.21. The lowest BCUT2D eigenvalue weighted by molar-refractivity contribution is -0.141. The summed E-state index contributed by atoms with van der Waals surface area (Å²) in [6.07, 6.45) is 2.28. The van der Waals surface area contributed by atoms with Crippen LogP contribution >= 0.6 is 0 Å². The predicted octanol–water partition coefficient (Wildman–Crippen LogP) is 1.72. The molecular weight excluding hydrogens is 168 g/mol. The van der Waals surface area contributed by atoms with Crippen LogP contribution in [0.4, 0.5) is 0 Å². The second-order valence-corrected chi connectivity index (χ2v) is 3.06. The fourth-order valence-corrected chi connectivity index (χ4v) is 1.08. The van der Waals surface area contributed by atoms with E-state index < -0.39 is 0 Å². The quantitative estimate of drug-likeness (QED) is 0.358. The molecule has 0 amide bonds. The molecule has 0 aromatic heterocycles. The minimum Gasteiger partial charge on any atom is -0.469 e. The van der Waals surface area contributed by atoms with Crippen molar-refractivity contribution in [1.29, 1.82) is 0 Å². The summed E-state index contributed by atoms with van der Waals surface area (Å²) in [6, 6.07) is 0. The Kier molecular flexibility index (Phi) is 5.85. The van der Waals surface area contributed by atoms with E-state index in [1.807, 2.05) is 6.92 Å². The summed E-state index contributed by atoms with van der Waals surface area (Å²) in [5, 5.41) is 0. The highest BCUT2D eigenvalue weighted by Gasteiger charge is 2.11. The summed E-state index contributed by atoms with van der Waals surface area (Å²) in [5.74, 6) is -0.131. The molecule has 0 aromatic carbocycles. The Hall–Kier alpha value is -1.12. The molecule has 0 spiro atoms. The fraction of sp³-hybridized carbons (Fsp3) is 0.600. The van der Waals surface area contributed by atoms with Gasteiger partial charge in [0.25, 0.3) is 0 Å². The molecule has 1 atom stereocenters. The molecule has 0 fully saturated rings. The SMILES string of the molecule is C=C(C)[C@H](CC=O)CCC(=O)OC. The number of esters is 1. The van der Waals surface area contributed by atoms with Gasteiger partial charge in [-0.05, 0) is 19.3 Å². The number of methoxy groups -OCH3 is 1. The Balaban J connectivity index is 3.88. The van der Waals surface area contributed by atoms with Gasteiger partial charge in [-0.1, -0.05) is 12.2 Å². The van der Waals surface area contributed by atoms with Crippen LogP contribution in [0.3, 0.4) is 0 Å². The summed E-state index contributed by atoms with van der Waals surface area (Å²) >= 11 is 0. The van der Waals surface area contributed by atoms with Crippen molar-refractivity contribution < 1.29 is 14.3 Å². The molecular formula is C10H16O3. The predicted molar refractivity (Wildman–Crippen MR) is 50.2 cm³/mol. The first-order valence-electron chi connectivity index (χ1n) is 4.27. The topological polar surface area (TPSA) is 43.4 Å². The van der Waals surface area contributed by atoms with Crippen molar-refractivity contribution in [3.63, 3.8) is 0 Å². The van der Waals surface area contributed by atoms with Gasteiger partial charge < -0.3 is 9.53 Å². The lowest BCUT2D eigenvalue weighted by atomic mass is 9.94. The molecule has 0 aromatic rings. The zero-order valence-electron chi connectivity index (χ0n) is 8.21. The van der Waals surface area contributed by atoms with Gasteiger partial charge in [-0.25, -0.2) is 0 Å². The third-order valence-corrected chi connectivity index (χ3v) is 2.00. The molecule has 74 valence electrons. The number of hydrogen-bond acceptors (Lipinski definition) is 3. The Morgan fingerprint density at radius 3 is 2.62 bits per heavy atom. The molecule has 0 saturated carbocycles. The van der Waals surface area contributed by atoms with E-state index in [4.69, 9.17) is 0 Å². The van der Waals surface area contributed by atoms with E-state index in [-0.39, 0.29) is 11.9 Å². The van der Waals surface area contributed by atoms with Crippen molar-refractivity contribution >= 4 is 12.3 Å². The number of aldehydes is 1. The molecule has 0 bridgehead atoms. The highest BCUT2D eigenvalue weighted by molar-refractivity contribution is 5.69. The van der Waals surface area contributed by atoms with E-state index in [0.29, 0.717) is 19.3 Å². The molecule has 0 radical (unpaired) electrons. The van der Waals surface area contributed by atoms with Crippen LogP contribution < -0.4 is 0 Å². The highest BCUT2D eigenvalue weighted by Crippen LogP contribution is 2.18. The van der Waals surface area contributed by atoms with Crippen LogP contribution in [0.1, 0.15) is 26.2 Å². The summed E-state index contributed by atoms with van der Waals surface area (Å²) in [6.45, 7) is 5.63. The first-order chi connectivity index (χ1) is 6.11. The number of ether oxygens (including phenoxy) is 1. The van der Waals surface area contributed by atoms with Crippen LogP contribution in [-0.2, 0) is 14.3 Å². The zero-order chi connectivity index (χ0) is 10.3. The molecule has 0 N–H and O–H groups in total. The average Bonchev–Trinajstić information content (AvgIpc) is 2.11. The van der Waals surface area contributed by atoms with Crippen LogP contribution in [0.25, 0.3) is 0 Å². The van der Waals surface area contributed by atoms with Gasteiger partial charge in [0.2, 0.25) is 0 Å². The van der Waals surface area contributed by atoms with Crippen LogP contribution in [0.5, 0.6) is 0 Å². The largest absolute Gasteiger partial charge is 0.469 e. The molecule has 0 aliphatic rings. The molecule has 13 heavy (non-hydrogen) atoms. The number of hydrogen-bond donors (Lipinski definition) is 0. The van der Waals surface area contributed by atoms with Gasteiger partial charge in [0.05, 0.1) is 7.11 Å². The van der Waals surface area contributed by atoms with Crippen molar-refractivity contribution in [1.82, 2.24) is 0 Å². The lowest BCUT2D eigenvalue weighted by Crippen LogP contribution is -2.07. The number of carbonyl (C=O) groups excluding carboxylic acids is 2. The molecule has 3 nitrogen and oxygen atoms in total. The van der Waals surface area contributed by atoms with E-state index in [1.54, 1.807) is 0 Å². The van der Waals surface area contributed by atoms with Crippen molar-refractivity contribution in [3.8, 4) is 0 Å². The number of carbonyl (C=O) groups is 2. The van der Waals surface area contributed by atoms with Crippen LogP contribution in [-0.4, -0.2) is 19.4 Å². The maximum atomic E-state index is 10.8. The van der Waals surface area contributed by atoms with Gasteiger partial charge in [0.15, 0.2) is 0 Å². The van der Waals surface area contributed by atoms with Gasteiger partial charge in [-0.3, -0.25) is 4.79 Å². The van der Waals surface area contributed by atoms with Crippen molar-refractivity contribution in [2.45, 2.75) is 26.2 Å². The average molecular weight is 184 g/mol. The van der Waals surface area contributed by atoms with Crippen molar-refractivity contribution in [2.24, 2.45) is 5.92 Å². The summed E-state index contributed by atoms with van der Waals surface area (Å²) < 4.78 is 4.50. The smallest absolute Gasteiger partial charge is 0.305 e.